The van der Waals surface area contributed by atoms with E-state index in [2.05, 4.69) is 56.1 Å². The normalized spacial score (nSPS) is 11.2. The van der Waals surface area contributed by atoms with Gasteiger partial charge in [0.25, 0.3) is 5.91 Å². The molecule has 36 heavy (non-hydrogen) atoms. The zero-order valence-electron chi connectivity index (χ0n) is 19.5. The number of pyridine rings is 1. The Hall–Kier alpha value is -2.98. The lowest BCUT2D eigenvalue weighted by Gasteiger charge is -2.17. The molecule has 0 fully saturated rings. The maximum absolute atomic E-state index is 13.7. The number of unbranched alkanes of at least 4 members (excludes halogenated alkanes) is 1. The molecular formula is C23H25BrF3N6O2P. The molecule has 0 aliphatic carbocycles. The Morgan fingerprint density at radius 1 is 1.11 bits per heavy atom. The minimum atomic E-state index is -4.74. The summed E-state index contributed by atoms with van der Waals surface area (Å²) in [5, 5.41) is 7.93. The smallest absolute Gasteiger partial charge is 0.421 e. The number of anilines is 4. The van der Waals surface area contributed by atoms with Gasteiger partial charge in [0.2, 0.25) is 5.95 Å². The quantitative estimate of drug-likeness (QED) is 0.159. The number of hydrogen-bond donors (Lipinski definition) is 3. The fourth-order valence-electron chi connectivity index (χ4n) is 3.29. The van der Waals surface area contributed by atoms with Gasteiger partial charge in [-0.25, -0.2) is 9.97 Å². The van der Waals surface area contributed by atoms with E-state index in [1.54, 1.807) is 6.07 Å². The summed E-state index contributed by atoms with van der Waals surface area (Å²) >= 11 is 3.16. The van der Waals surface area contributed by atoms with E-state index in [1.807, 2.05) is 12.1 Å². The Morgan fingerprint density at radius 2 is 1.86 bits per heavy atom. The monoisotopic (exact) mass is 584 g/mol. The van der Waals surface area contributed by atoms with E-state index in [-0.39, 0.29) is 17.3 Å². The zero-order chi connectivity index (χ0) is 26.3. The summed E-state index contributed by atoms with van der Waals surface area (Å²) in [5.41, 5.74) is 0.410. The summed E-state index contributed by atoms with van der Waals surface area (Å²) in [6.45, 7) is 0. The van der Waals surface area contributed by atoms with Crippen LogP contribution in [0.5, 0.6) is 5.75 Å². The van der Waals surface area contributed by atoms with Gasteiger partial charge in [0, 0.05) is 13.2 Å². The van der Waals surface area contributed by atoms with Crippen LogP contribution in [0.25, 0.3) is 0 Å². The van der Waals surface area contributed by atoms with Gasteiger partial charge in [-0.3, -0.25) is 4.79 Å². The number of hydrogen-bond acceptors (Lipinski definition) is 7. The Balaban J connectivity index is 1.96. The molecule has 3 N–H and O–H groups in total. The topological polar surface area (TPSA) is 101 Å². The van der Waals surface area contributed by atoms with Crippen molar-refractivity contribution in [1.82, 2.24) is 20.3 Å². The summed E-state index contributed by atoms with van der Waals surface area (Å²) in [4.78, 5) is 24.2. The SMILES string of the molecule is CNC(=O)c1nc(Br)ccc1Nc1nc(Nc2ccc(CCCCP)cc2OC)ncc1C(F)(F)F. The van der Waals surface area contributed by atoms with Gasteiger partial charge < -0.3 is 20.7 Å². The second-order valence-corrected chi connectivity index (χ2v) is 8.98. The van der Waals surface area contributed by atoms with Crippen molar-refractivity contribution in [2.75, 3.05) is 31.0 Å². The van der Waals surface area contributed by atoms with Crippen molar-refractivity contribution in [3.05, 3.63) is 58.0 Å². The molecule has 1 aromatic carbocycles. The second-order valence-electron chi connectivity index (χ2n) is 7.59. The summed E-state index contributed by atoms with van der Waals surface area (Å²) in [6.07, 6.45) is -0.0541. The van der Waals surface area contributed by atoms with Crippen LogP contribution in [-0.4, -0.2) is 41.2 Å². The van der Waals surface area contributed by atoms with Crippen LogP contribution in [0.4, 0.5) is 36.3 Å². The number of aryl methyl sites for hydroxylation is 1. The third-order valence-electron chi connectivity index (χ3n) is 5.08. The van der Waals surface area contributed by atoms with Crippen molar-refractivity contribution in [3.63, 3.8) is 0 Å². The molecule has 0 aliphatic heterocycles. The van der Waals surface area contributed by atoms with Crippen molar-refractivity contribution >= 4 is 54.2 Å². The van der Waals surface area contributed by atoms with E-state index in [0.29, 0.717) is 22.2 Å². The van der Waals surface area contributed by atoms with Crippen molar-refractivity contribution in [3.8, 4) is 5.75 Å². The average molecular weight is 585 g/mol. The van der Waals surface area contributed by atoms with Crippen molar-refractivity contribution in [2.24, 2.45) is 0 Å². The molecule has 0 saturated carbocycles. The number of halogens is 4. The lowest BCUT2D eigenvalue weighted by Crippen LogP contribution is -2.21. The number of rotatable bonds is 10. The first-order valence-electron chi connectivity index (χ1n) is 10.9. The predicted molar refractivity (Wildman–Crippen MR) is 139 cm³/mol. The molecule has 192 valence electrons. The first kappa shape index (κ1) is 27.6. The largest absolute Gasteiger partial charge is 0.495 e. The molecule has 0 aliphatic rings. The van der Waals surface area contributed by atoms with Crippen molar-refractivity contribution in [1.29, 1.82) is 0 Å². The number of ether oxygens (including phenoxy) is 1. The van der Waals surface area contributed by atoms with Gasteiger partial charge >= 0.3 is 6.18 Å². The first-order valence-corrected chi connectivity index (χ1v) is 12.5. The van der Waals surface area contributed by atoms with Gasteiger partial charge in [0.15, 0.2) is 5.69 Å². The highest BCUT2D eigenvalue weighted by molar-refractivity contribution is 9.10. The zero-order valence-corrected chi connectivity index (χ0v) is 22.3. The number of carbonyl (C=O) groups excluding carboxylic acids is 1. The minimum Gasteiger partial charge on any atom is -0.495 e. The molecule has 0 saturated heterocycles. The maximum Gasteiger partial charge on any atom is 0.421 e. The van der Waals surface area contributed by atoms with Crippen LogP contribution >= 0.6 is 25.2 Å². The average Bonchev–Trinajstić information content (AvgIpc) is 2.85. The van der Waals surface area contributed by atoms with Crippen LogP contribution in [0.3, 0.4) is 0 Å². The van der Waals surface area contributed by atoms with E-state index < -0.39 is 23.5 Å². The number of alkyl halides is 3. The van der Waals surface area contributed by atoms with Gasteiger partial charge in [-0.1, -0.05) is 6.07 Å². The molecule has 1 atom stereocenters. The van der Waals surface area contributed by atoms with E-state index >= 15 is 0 Å². The molecular weight excluding hydrogens is 560 g/mol. The third-order valence-corrected chi connectivity index (χ3v) is 5.93. The highest BCUT2D eigenvalue weighted by Gasteiger charge is 2.36. The van der Waals surface area contributed by atoms with E-state index in [0.717, 1.165) is 31.0 Å². The van der Waals surface area contributed by atoms with Crippen molar-refractivity contribution < 1.29 is 22.7 Å². The first-order chi connectivity index (χ1) is 17.2. The molecule has 3 aromatic rings. The fraction of sp³-hybridized carbons (Fsp3) is 0.304. The lowest BCUT2D eigenvalue weighted by atomic mass is 10.1. The lowest BCUT2D eigenvalue weighted by molar-refractivity contribution is -0.137. The second kappa shape index (κ2) is 12.3. The van der Waals surface area contributed by atoms with Crippen LogP contribution in [0.2, 0.25) is 0 Å². The number of methoxy groups -OCH3 is 1. The van der Waals surface area contributed by atoms with E-state index in [4.69, 9.17) is 4.74 Å². The van der Waals surface area contributed by atoms with Gasteiger partial charge in [-0.15, -0.1) is 9.24 Å². The Labute approximate surface area is 217 Å². The Bertz CT molecular complexity index is 1230. The van der Waals surface area contributed by atoms with Crippen LogP contribution < -0.4 is 20.7 Å². The number of amides is 1. The molecule has 1 unspecified atom stereocenters. The highest BCUT2D eigenvalue weighted by atomic mass is 79.9. The van der Waals surface area contributed by atoms with E-state index in [9.17, 15) is 18.0 Å². The van der Waals surface area contributed by atoms with Gasteiger partial charge in [-0.05, 0) is 71.2 Å². The summed E-state index contributed by atoms with van der Waals surface area (Å²) in [6, 6.07) is 8.48. The van der Waals surface area contributed by atoms with Gasteiger partial charge in [-0.2, -0.15) is 18.2 Å². The molecule has 2 aromatic heterocycles. The molecule has 8 nitrogen and oxygen atoms in total. The number of benzene rings is 1. The predicted octanol–water partition coefficient (Wildman–Crippen LogP) is 5.71. The minimum absolute atomic E-state index is 0.0418. The van der Waals surface area contributed by atoms with Gasteiger partial charge in [0.1, 0.15) is 21.7 Å². The fourth-order valence-corrected chi connectivity index (χ4v) is 3.89. The number of nitrogens with zero attached hydrogens (tertiary/aromatic N) is 3. The van der Waals surface area contributed by atoms with Crippen LogP contribution in [0, 0.1) is 0 Å². The van der Waals surface area contributed by atoms with Crippen molar-refractivity contribution in [2.45, 2.75) is 25.4 Å². The number of carbonyl (C=O) groups is 1. The summed E-state index contributed by atoms with van der Waals surface area (Å²) in [7, 11) is 5.60. The molecule has 0 bridgehead atoms. The van der Waals surface area contributed by atoms with Crippen LogP contribution in [0.15, 0.2) is 41.1 Å². The van der Waals surface area contributed by atoms with Crippen LogP contribution in [0.1, 0.15) is 34.5 Å². The highest BCUT2D eigenvalue weighted by Crippen LogP contribution is 2.36. The number of nitrogens with one attached hydrogen (secondary N) is 3. The standard InChI is InChI=1S/C23H25BrF3N6O2P/c1-28-21(34)19-16(8-9-18(24)32-19)30-20-14(23(25,26)27)12-29-22(33-20)31-15-7-6-13(5-3-4-10-36)11-17(15)35-2/h6-9,11-12H,3-5,10,36H2,1-2H3,(H,28,34)(H2,29,30,31,33). The Kier molecular flexibility index (Phi) is 9.44. The molecule has 13 heteroatoms. The molecule has 0 radical (unpaired) electrons. The summed E-state index contributed by atoms with van der Waals surface area (Å²) in [5.74, 6) is -0.703. The Morgan fingerprint density at radius 3 is 2.53 bits per heavy atom. The molecule has 3 rings (SSSR count). The molecule has 0 spiro atoms. The molecule has 2 heterocycles. The molecule has 1 amide bonds. The number of aromatic nitrogens is 3. The van der Waals surface area contributed by atoms with E-state index in [1.165, 1.54) is 26.3 Å². The summed E-state index contributed by atoms with van der Waals surface area (Å²) < 4.78 is 47.0. The van der Waals surface area contributed by atoms with Gasteiger partial charge in [0.05, 0.1) is 18.5 Å². The third kappa shape index (κ3) is 7.04. The van der Waals surface area contributed by atoms with Crippen LogP contribution in [-0.2, 0) is 12.6 Å². The maximum atomic E-state index is 13.7.